The van der Waals surface area contributed by atoms with Crippen LogP contribution in [-0.4, -0.2) is 30.0 Å². The largest absolute Gasteiger partial charge is 0.462 e. The third-order valence-electron chi connectivity index (χ3n) is 2.28. The molecule has 0 radical (unpaired) electrons. The van der Waals surface area contributed by atoms with Gasteiger partial charge < -0.3 is 10.1 Å². The number of ether oxygens (including phenoxy) is 1. The Labute approximate surface area is 126 Å². The number of rotatable bonds is 7. The molecule has 0 unspecified atom stereocenters. The second-order valence-corrected chi connectivity index (χ2v) is 5.85. The van der Waals surface area contributed by atoms with Gasteiger partial charge in [-0.15, -0.1) is 23.1 Å². The van der Waals surface area contributed by atoms with Gasteiger partial charge >= 0.3 is 5.97 Å². The predicted molar refractivity (Wildman–Crippen MR) is 81.2 cm³/mol. The van der Waals surface area contributed by atoms with Crippen molar-refractivity contribution in [1.82, 2.24) is 0 Å². The monoisotopic (exact) mass is 312 g/mol. The van der Waals surface area contributed by atoms with Crippen molar-refractivity contribution < 1.29 is 14.3 Å². The van der Waals surface area contributed by atoms with Crippen LogP contribution in [0.2, 0.25) is 0 Å². The van der Waals surface area contributed by atoms with E-state index in [-0.39, 0.29) is 17.4 Å². The van der Waals surface area contributed by atoms with Crippen LogP contribution in [0, 0.1) is 11.3 Å². The molecule has 1 heterocycles. The third kappa shape index (κ3) is 4.87. The molecule has 1 aromatic rings. The normalized spacial score (nSPS) is 9.85. The van der Waals surface area contributed by atoms with Crippen LogP contribution in [0.1, 0.15) is 29.1 Å². The molecule has 1 N–H and O–H groups in total. The van der Waals surface area contributed by atoms with Crippen LogP contribution in [0.15, 0.2) is 6.07 Å². The van der Waals surface area contributed by atoms with E-state index in [2.05, 4.69) is 5.32 Å². The van der Waals surface area contributed by atoms with Gasteiger partial charge in [-0.3, -0.25) is 4.79 Å². The molecule has 1 rings (SSSR count). The van der Waals surface area contributed by atoms with E-state index < -0.39 is 5.97 Å². The van der Waals surface area contributed by atoms with Crippen molar-refractivity contribution in [1.29, 1.82) is 5.26 Å². The van der Waals surface area contributed by atoms with Gasteiger partial charge in [-0.1, -0.05) is 6.92 Å². The SMILES string of the molecule is CCOC(=O)c1cc(CC)sc1NC(=O)CSCC#N. The predicted octanol–water partition coefficient (Wildman–Crippen LogP) is 2.68. The minimum absolute atomic E-state index is 0.190. The number of nitrogens with zero attached hydrogens (tertiary/aromatic N) is 1. The van der Waals surface area contributed by atoms with E-state index in [1.165, 1.54) is 23.1 Å². The summed E-state index contributed by atoms with van der Waals surface area (Å²) in [6, 6.07) is 3.71. The Bertz CT molecular complexity index is 520. The standard InChI is InChI=1S/C13H16N2O3S2/c1-3-9-7-10(13(17)18-4-2)12(20-9)15-11(16)8-19-6-5-14/h7H,3-4,6,8H2,1-2H3,(H,15,16). The second-order valence-electron chi connectivity index (χ2n) is 3.73. The molecule has 1 aromatic heterocycles. The first-order valence-corrected chi connectivity index (χ1v) is 8.13. The van der Waals surface area contributed by atoms with E-state index in [1.54, 1.807) is 13.0 Å². The molecular weight excluding hydrogens is 296 g/mol. The highest BCUT2D eigenvalue weighted by Crippen LogP contribution is 2.29. The highest BCUT2D eigenvalue weighted by Gasteiger charge is 2.18. The smallest absolute Gasteiger partial charge is 0.341 e. The molecule has 0 aromatic carbocycles. The highest BCUT2D eigenvalue weighted by molar-refractivity contribution is 8.00. The number of thiophene rings is 1. The van der Waals surface area contributed by atoms with Gasteiger partial charge in [0.15, 0.2) is 0 Å². The van der Waals surface area contributed by atoms with Gasteiger partial charge in [-0.2, -0.15) is 5.26 Å². The van der Waals surface area contributed by atoms with Crippen molar-refractivity contribution in [3.05, 3.63) is 16.5 Å². The van der Waals surface area contributed by atoms with Crippen LogP contribution in [0.5, 0.6) is 0 Å². The summed E-state index contributed by atoms with van der Waals surface area (Å²) in [4.78, 5) is 24.6. The molecule has 0 aliphatic rings. The maximum atomic E-state index is 11.8. The number of aryl methyl sites for hydroxylation is 1. The zero-order valence-electron chi connectivity index (χ0n) is 11.4. The lowest BCUT2D eigenvalue weighted by Crippen LogP contribution is -2.16. The highest BCUT2D eigenvalue weighted by atomic mass is 32.2. The topological polar surface area (TPSA) is 79.2 Å². The molecule has 20 heavy (non-hydrogen) atoms. The molecule has 0 saturated carbocycles. The van der Waals surface area contributed by atoms with Crippen molar-refractivity contribution in [3.8, 4) is 6.07 Å². The molecule has 0 bridgehead atoms. The number of nitrogens with one attached hydrogen (secondary N) is 1. The number of carbonyl (C=O) groups is 2. The first kappa shape index (κ1) is 16.5. The lowest BCUT2D eigenvalue weighted by atomic mass is 10.2. The van der Waals surface area contributed by atoms with Crippen molar-refractivity contribution in [2.45, 2.75) is 20.3 Å². The van der Waals surface area contributed by atoms with E-state index in [4.69, 9.17) is 10.00 Å². The summed E-state index contributed by atoms with van der Waals surface area (Å²) in [5.74, 6) is -0.193. The van der Waals surface area contributed by atoms with Crippen molar-refractivity contribution >= 4 is 40.0 Å². The number of anilines is 1. The van der Waals surface area contributed by atoms with Gasteiger partial charge in [0, 0.05) is 4.88 Å². The lowest BCUT2D eigenvalue weighted by Gasteiger charge is -2.05. The Morgan fingerprint density at radius 2 is 2.25 bits per heavy atom. The van der Waals surface area contributed by atoms with E-state index in [9.17, 15) is 9.59 Å². The average molecular weight is 312 g/mol. The number of amides is 1. The minimum atomic E-state index is -0.427. The van der Waals surface area contributed by atoms with E-state index >= 15 is 0 Å². The fraction of sp³-hybridized carbons (Fsp3) is 0.462. The van der Waals surface area contributed by atoms with E-state index in [0.29, 0.717) is 17.2 Å². The second kappa shape index (κ2) is 8.61. The molecule has 0 fully saturated rings. The van der Waals surface area contributed by atoms with Gasteiger partial charge in [0.2, 0.25) is 5.91 Å². The van der Waals surface area contributed by atoms with Crippen LogP contribution in [0.3, 0.4) is 0 Å². The summed E-state index contributed by atoms with van der Waals surface area (Å²) in [6.45, 7) is 4.01. The Morgan fingerprint density at radius 3 is 2.85 bits per heavy atom. The maximum Gasteiger partial charge on any atom is 0.341 e. The minimum Gasteiger partial charge on any atom is -0.462 e. The van der Waals surface area contributed by atoms with Crippen LogP contribution in [-0.2, 0) is 16.0 Å². The fourth-order valence-corrected chi connectivity index (χ4v) is 2.87. The Morgan fingerprint density at radius 1 is 1.50 bits per heavy atom. The zero-order valence-corrected chi connectivity index (χ0v) is 13.0. The van der Waals surface area contributed by atoms with E-state index in [0.717, 1.165) is 11.3 Å². The lowest BCUT2D eigenvalue weighted by molar-refractivity contribution is -0.113. The fourth-order valence-electron chi connectivity index (χ4n) is 1.42. The molecule has 0 aliphatic heterocycles. The molecular formula is C13H16N2O3S2. The summed E-state index contributed by atoms with van der Waals surface area (Å²) >= 11 is 2.61. The summed E-state index contributed by atoms with van der Waals surface area (Å²) in [6.07, 6.45) is 0.788. The number of nitriles is 1. The molecule has 0 aliphatic carbocycles. The van der Waals surface area contributed by atoms with Crippen LogP contribution in [0.25, 0.3) is 0 Å². The maximum absolute atomic E-state index is 11.8. The number of esters is 1. The van der Waals surface area contributed by atoms with E-state index in [1.807, 2.05) is 13.0 Å². The van der Waals surface area contributed by atoms with Gasteiger partial charge in [0.1, 0.15) is 5.00 Å². The van der Waals surface area contributed by atoms with Gasteiger partial charge in [-0.25, -0.2) is 4.79 Å². The van der Waals surface area contributed by atoms with Crippen LogP contribution >= 0.6 is 23.1 Å². The van der Waals surface area contributed by atoms with Gasteiger partial charge in [0.05, 0.1) is 29.7 Å². The Hall–Kier alpha value is -1.52. The molecule has 0 spiro atoms. The molecule has 1 amide bonds. The van der Waals surface area contributed by atoms with Crippen molar-refractivity contribution in [2.75, 3.05) is 23.4 Å². The van der Waals surface area contributed by atoms with Gasteiger partial charge in [-0.05, 0) is 19.4 Å². The van der Waals surface area contributed by atoms with Crippen molar-refractivity contribution in [2.24, 2.45) is 0 Å². The number of hydrogen-bond donors (Lipinski definition) is 1. The molecule has 0 atom stereocenters. The summed E-state index contributed by atoms with van der Waals surface area (Å²) in [5.41, 5.74) is 0.396. The molecule has 7 heteroatoms. The van der Waals surface area contributed by atoms with Crippen LogP contribution in [0.4, 0.5) is 5.00 Å². The zero-order chi connectivity index (χ0) is 15.0. The Balaban J connectivity index is 2.77. The summed E-state index contributed by atoms with van der Waals surface area (Å²) < 4.78 is 4.97. The Kier molecular flexibility index (Phi) is 7.12. The number of thioether (sulfide) groups is 1. The molecule has 5 nitrogen and oxygen atoms in total. The number of hydrogen-bond acceptors (Lipinski definition) is 6. The summed E-state index contributed by atoms with van der Waals surface area (Å²) in [5, 5.41) is 11.6. The summed E-state index contributed by atoms with van der Waals surface area (Å²) in [7, 11) is 0. The first-order chi connectivity index (χ1) is 9.62. The number of carbonyl (C=O) groups excluding carboxylic acids is 2. The van der Waals surface area contributed by atoms with Gasteiger partial charge in [0.25, 0.3) is 0 Å². The first-order valence-electron chi connectivity index (χ1n) is 6.16. The average Bonchev–Trinajstić information content (AvgIpc) is 2.82. The molecule has 108 valence electrons. The van der Waals surface area contributed by atoms with Crippen LogP contribution < -0.4 is 5.32 Å². The third-order valence-corrected chi connectivity index (χ3v) is 4.27. The quantitative estimate of drug-likeness (QED) is 0.618. The van der Waals surface area contributed by atoms with Crippen molar-refractivity contribution in [3.63, 3.8) is 0 Å². The molecule has 0 saturated heterocycles.